The Morgan fingerprint density at radius 3 is 2.24 bits per heavy atom. The van der Waals surface area contributed by atoms with Gasteiger partial charge < -0.3 is 24.8 Å². The second kappa shape index (κ2) is 10.6. The van der Waals surface area contributed by atoms with Crippen LogP contribution < -0.4 is 24.8 Å². The predicted molar refractivity (Wildman–Crippen MR) is 127 cm³/mol. The Balaban J connectivity index is 0.00000300. The predicted octanol–water partition coefficient (Wildman–Crippen LogP) is 3.73. The van der Waals surface area contributed by atoms with E-state index in [2.05, 4.69) is 27.8 Å². The Morgan fingerprint density at radius 1 is 0.931 bits per heavy atom. The third-order valence-corrected chi connectivity index (χ3v) is 5.26. The standard InChI is InChI=1S/C22H29N3O3.HI/c1-23-21(24-14-16-9-10-19(27-3)20(13-16)28-4)25-15-22(11-12-22)17-7-5-6-8-18(17)26-2;/h5-10,13H,11-12,14-15H2,1-4H3,(H2,23,24,25);1H. The summed E-state index contributed by atoms with van der Waals surface area (Å²) in [5.74, 6) is 3.17. The summed E-state index contributed by atoms with van der Waals surface area (Å²) >= 11 is 0. The quantitative estimate of drug-likeness (QED) is 0.322. The van der Waals surface area contributed by atoms with Crippen LogP contribution in [0, 0.1) is 0 Å². The Labute approximate surface area is 190 Å². The maximum atomic E-state index is 5.56. The van der Waals surface area contributed by atoms with E-state index in [-0.39, 0.29) is 29.4 Å². The van der Waals surface area contributed by atoms with Crippen molar-refractivity contribution < 1.29 is 14.2 Å². The molecule has 1 saturated carbocycles. The summed E-state index contributed by atoms with van der Waals surface area (Å²) in [6, 6.07) is 14.2. The summed E-state index contributed by atoms with van der Waals surface area (Å²) < 4.78 is 16.2. The topological polar surface area (TPSA) is 64.1 Å². The minimum atomic E-state index is 0. The van der Waals surface area contributed by atoms with Gasteiger partial charge in [0.15, 0.2) is 17.5 Å². The number of benzene rings is 2. The number of nitrogens with one attached hydrogen (secondary N) is 2. The summed E-state index contributed by atoms with van der Waals surface area (Å²) in [5.41, 5.74) is 2.47. The molecule has 3 rings (SSSR count). The zero-order chi connectivity index (χ0) is 20.0. The van der Waals surface area contributed by atoms with Crippen molar-refractivity contribution in [3.63, 3.8) is 0 Å². The fraction of sp³-hybridized carbons (Fsp3) is 0.409. The van der Waals surface area contributed by atoms with Gasteiger partial charge >= 0.3 is 0 Å². The molecule has 0 aliphatic heterocycles. The molecule has 2 N–H and O–H groups in total. The average Bonchev–Trinajstić information content (AvgIpc) is 3.54. The molecule has 0 amide bonds. The molecule has 0 aromatic heterocycles. The number of hydrogen-bond acceptors (Lipinski definition) is 4. The summed E-state index contributed by atoms with van der Waals surface area (Å²) in [4.78, 5) is 4.35. The second-order valence-corrected chi connectivity index (χ2v) is 6.95. The first kappa shape index (κ1) is 23.1. The van der Waals surface area contributed by atoms with E-state index < -0.39 is 0 Å². The van der Waals surface area contributed by atoms with Crippen LogP contribution in [0.3, 0.4) is 0 Å². The number of halogens is 1. The first-order valence-electron chi connectivity index (χ1n) is 9.44. The molecule has 0 saturated heterocycles. The highest BCUT2D eigenvalue weighted by Crippen LogP contribution is 2.50. The highest BCUT2D eigenvalue weighted by atomic mass is 127. The van der Waals surface area contributed by atoms with E-state index in [1.807, 2.05) is 30.3 Å². The molecule has 1 fully saturated rings. The van der Waals surface area contributed by atoms with Crippen LogP contribution in [0.2, 0.25) is 0 Å². The molecule has 0 atom stereocenters. The first-order valence-corrected chi connectivity index (χ1v) is 9.44. The van der Waals surface area contributed by atoms with Crippen LogP contribution in [0.1, 0.15) is 24.0 Å². The molecule has 2 aromatic carbocycles. The summed E-state index contributed by atoms with van der Waals surface area (Å²) in [7, 11) is 6.79. The van der Waals surface area contributed by atoms with E-state index in [0.29, 0.717) is 6.54 Å². The van der Waals surface area contributed by atoms with Crippen molar-refractivity contribution in [2.75, 3.05) is 34.9 Å². The van der Waals surface area contributed by atoms with Crippen molar-refractivity contribution in [1.82, 2.24) is 10.6 Å². The molecule has 0 spiro atoms. The third kappa shape index (κ3) is 5.46. The van der Waals surface area contributed by atoms with Gasteiger partial charge in [-0.2, -0.15) is 0 Å². The number of ether oxygens (including phenoxy) is 3. The SMILES string of the molecule is CN=C(NCc1ccc(OC)c(OC)c1)NCC1(c2ccccc2OC)CC1.I. The van der Waals surface area contributed by atoms with E-state index in [9.17, 15) is 0 Å². The highest BCUT2D eigenvalue weighted by Gasteiger charge is 2.46. The van der Waals surface area contributed by atoms with Gasteiger partial charge in [0.1, 0.15) is 5.75 Å². The first-order chi connectivity index (χ1) is 13.7. The zero-order valence-electron chi connectivity index (χ0n) is 17.5. The molecule has 0 bridgehead atoms. The summed E-state index contributed by atoms with van der Waals surface area (Å²) in [5, 5.41) is 6.84. The molecule has 7 heteroatoms. The largest absolute Gasteiger partial charge is 0.496 e. The van der Waals surface area contributed by atoms with Gasteiger partial charge in [-0.25, -0.2) is 0 Å². The molecule has 1 aliphatic carbocycles. The molecule has 0 unspecified atom stereocenters. The minimum Gasteiger partial charge on any atom is -0.496 e. The van der Waals surface area contributed by atoms with Crippen molar-refractivity contribution in [3.8, 4) is 17.2 Å². The number of rotatable bonds is 8. The number of methoxy groups -OCH3 is 3. The van der Waals surface area contributed by atoms with Gasteiger partial charge in [-0.15, -0.1) is 24.0 Å². The normalized spacial score (nSPS) is 14.4. The molecule has 6 nitrogen and oxygen atoms in total. The third-order valence-electron chi connectivity index (χ3n) is 5.26. The van der Waals surface area contributed by atoms with Crippen LogP contribution in [0.15, 0.2) is 47.5 Å². The maximum Gasteiger partial charge on any atom is 0.191 e. The number of hydrogen-bond donors (Lipinski definition) is 2. The average molecular weight is 511 g/mol. The van der Waals surface area contributed by atoms with Crippen LogP contribution in [-0.4, -0.2) is 40.9 Å². The summed E-state index contributed by atoms with van der Waals surface area (Å²) in [6.45, 7) is 1.46. The lowest BCUT2D eigenvalue weighted by Gasteiger charge is -2.21. The number of aliphatic imine (C=N–C) groups is 1. The number of nitrogens with zero attached hydrogens (tertiary/aromatic N) is 1. The Morgan fingerprint density at radius 2 is 1.62 bits per heavy atom. The second-order valence-electron chi connectivity index (χ2n) is 6.95. The lowest BCUT2D eigenvalue weighted by molar-refractivity contribution is 0.354. The van der Waals surface area contributed by atoms with E-state index >= 15 is 0 Å². The van der Waals surface area contributed by atoms with Crippen molar-refractivity contribution in [1.29, 1.82) is 0 Å². The van der Waals surface area contributed by atoms with Gasteiger partial charge in [0.25, 0.3) is 0 Å². The van der Waals surface area contributed by atoms with Crippen LogP contribution in [0.25, 0.3) is 0 Å². The molecule has 1 aliphatic rings. The molecular formula is C22H30IN3O3. The van der Waals surface area contributed by atoms with E-state index in [1.54, 1.807) is 28.4 Å². The van der Waals surface area contributed by atoms with Crippen LogP contribution in [0.5, 0.6) is 17.2 Å². The van der Waals surface area contributed by atoms with E-state index in [4.69, 9.17) is 14.2 Å². The Bertz CT molecular complexity index is 838. The molecular weight excluding hydrogens is 481 g/mol. The van der Waals surface area contributed by atoms with Gasteiger partial charge in [0.05, 0.1) is 21.3 Å². The number of guanidine groups is 1. The lowest BCUT2D eigenvalue weighted by atomic mass is 9.95. The van der Waals surface area contributed by atoms with Gasteiger partial charge in [0, 0.05) is 31.1 Å². The maximum absolute atomic E-state index is 5.56. The van der Waals surface area contributed by atoms with Crippen LogP contribution in [-0.2, 0) is 12.0 Å². The lowest BCUT2D eigenvalue weighted by Crippen LogP contribution is -2.41. The molecule has 0 heterocycles. The van der Waals surface area contributed by atoms with E-state index in [0.717, 1.165) is 48.2 Å². The zero-order valence-corrected chi connectivity index (χ0v) is 19.8. The van der Waals surface area contributed by atoms with Crippen molar-refractivity contribution in [3.05, 3.63) is 53.6 Å². The Hall–Kier alpha value is -2.16. The molecule has 2 aromatic rings. The van der Waals surface area contributed by atoms with Gasteiger partial charge in [0.2, 0.25) is 0 Å². The molecule has 29 heavy (non-hydrogen) atoms. The highest BCUT2D eigenvalue weighted by molar-refractivity contribution is 14.0. The van der Waals surface area contributed by atoms with Crippen molar-refractivity contribution in [2.24, 2.45) is 4.99 Å². The van der Waals surface area contributed by atoms with E-state index in [1.165, 1.54) is 5.56 Å². The smallest absolute Gasteiger partial charge is 0.191 e. The van der Waals surface area contributed by atoms with Gasteiger partial charge in [-0.3, -0.25) is 4.99 Å². The van der Waals surface area contributed by atoms with Crippen LogP contribution >= 0.6 is 24.0 Å². The fourth-order valence-electron chi connectivity index (χ4n) is 3.42. The fourth-order valence-corrected chi connectivity index (χ4v) is 3.42. The van der Waals surface area contributed by atoms with Crippen molar-refractivity contribution >= 4 is 29.9 Å². The molecule has 158 valence electrons. The minimum absolute atomic E-state index is 0. The van der Waals surface area contributed by atoms with Gasteiger partial charge in [-0.1, -0.05) is 24.3 Å². The Kier molecular flexibility index (Phi) is 8.43. The summed E-state index contributed by atoms with van der Waals surface area (Å²) in [6.07, 6.45) is 2.29. The van der Waals surface area contributed by atoms with Crippen molar-refractivity contribution in [2.45, 2.75) is 24.8 Å². The monoisotopic (exact) mass is 511 g/mol. The number of para-hydroxylation sites is 1. The van der Waals surface area contributed by atoms with Crippen LogP contribution in [0.4, 0.5) is 0 Å². The van der Waals surface area contributed by atoms with Gasteiger partial charge in [-0.05, 0) is 36.6 Å². The molecule has 0 radical (unpaired) electrons.